The number of fused-ring (bicyclic) bond motifs is 1. The maximum atomic E-state index is 12.9. The van der Waals surface area contributed by atoms with Crippen LogP contribution in [0.15, 0.2) is 42.7 Å². The summed E-state index contributed by atoms with van der Waals surface area (Å²) in [5.74, 6) is -3.30. The molecular formula is C15H9ClF3N3O2. The van der Waals surface area contributed by atoms with Crippen LogP contribution in [0.4, 0.5) is 13.2 Å². The molecule has 3 aromatic rings. The highest BCUT2D eigenvalue weighted by atomic mass is 35.5. The van der Waals surface area contributed by atoms with Gasteiger partial charge in [-0.25, -0.2) is 8.97 Å². The fourth-order valence-electron chi connectivity index (χ4n) is 2.37. The van der Waals surface area contributed by atoms with Crippen LogP contribution in [-0.2, 0) is 6.54 Å². The number of hydrogen-bond acceptors (Lipinski definition) is 3. The van der Waals surface area contributed by atoms with E-state index in [9.17, 15) is 23.1 Å². The van der Waals surface area contributed by atoms with E-state index >= 15 is 0 Å². The Kier molecular flexibility index (Phi) is 3.92. The molecular weight excluding hydrogens is 347 g/mol. The zero-order valence-electron chi connectivity index (χ0n) is 11.9. The van der Waals surface area contributed by atoms with Crippen molar-refractivity contribution in [1.82, 2.24) is 9.55 Å². The number of alkyl halides is 3. The summed E-state index contributed by atoms with van der Waals surface area (Å²) in [7, 11) is 0. The number of rotatable bonds is 3. The molecule has 0 unspecified atom stereocenters. The molecule has 2 heterocycles. The van der Waals surface area contributed by atoms with E-state index in [0.29, 0.717) is 5.56 Å². The first-order valence-electron chi connectivity index (χ1n) is 6.71. The monoisotopic (exact) mass is 355 g/mol. The summed E-state index contributed by atoms with van der Waals surface area (Å²) in [6.45, 7) is -0.0932. The highest BCUT2D eigenvalue weighted by molar-refractivity contribution is 6.29. The molecule has 24 heavy (non-hydrogen) atoms. The quantitative estimate of drug-likeness (QED) is 0.411. The smallest absolute Gasteiger partial charge is 0.458 e. The number of carbonyl (C=O) groups is 1. The molecule has 0 spiro atoms. The number of imidazole rings is 1. The summed E-state index contributed by atoms with van der Waals surface area (Å²) < 4.78 is 40.5. The van der Waals surface area contributed by atoms with Gasteiger partial charge in [-0.1, -0.05) is 35.3 Å². The van der Waals surface area contributed by atoms with Crippen molar-refractivity contribution in [3.8, 4) is 5.88 Å². The van der Waals surface area contributed by atoms with Crippen LogP contribution in [0.5, 0.6) is 5.88 Å². The van der Waals surface area contributed by atoms with E-state index in [0.717, 1.165) is 15.3 Å². The van der Waals surface area contributed by atoms with Crippen LogP contribution in [0.25, 0.3) is 5.65 Å². The lowest BCUT2D eigenvalue weighted by molar-refractivity contribution is -0.585. The van der Waals surface area contributed by atoms with Crippen molar-refractivity contribution >= 4 is 23.0 Å². The van der Waals surface area contributed by atoms with Gasteiger partial charge >= 0.3 is 6.18 Å². The van der Waals surface area contributed by atoms with Crippen LogP contribution < -0.4 is 9.51 Å². The Balaban J connectivity index is 2.27. The van der Waals surface area contributed by atoms with Crippen LogP contribution in [0.2, 0.25) is 5.15 Å². The van der Waals surface area contributed by atoms with E-state index in [1.165, 1.54) is 6.07 Å². The van der Waals surface area contributed by atoms with Crippen LogP contribution in [0.1, 0.15) is 16.1 Å². The molecule has 0 aliphatic carbocycles. The largest absolute Gasteiger partial charge is 0.846 e. The third-order valence-electron chi connectivity index (χ3n) is 3.42. The van der Waals surface area contributed by atoms with Gasteiger partial charge in [0, 0.05) is 0 Å². The number of hydrogen-bond donors (Lipinski definition) is 0. The van der Waals surface area contributed by atoms with Crippen molar-refractivity contribution in [3.05, 3.63) is 59.1 Å². The van der Waals surface area contributed by atoms with E-state index in [-0.39, 0.29) is 17.3 Å². The molecule has 2 aromatic heterocycles. The van der Waals surface area contributed by atoms with Crippen molar-refractivity contribution in [2.24, 2.45) is 0 Å². The first-order valence-corrected chi connectivity index (χ1v) is 7.08. The Bertz CT molecular complexity index is 923. The third-order valence-corrected chi connectivity index (χ3v) is 3.62. The highest BCUT2D eigenvalue weighted by Gasteiger charge is 2.44. The lowest BCUT2D eigenvalue weighted by Crippen LogP contribution is -2.28. The van der Waals surface area contributed by atoms with Crippen LogP contribution in [-0.4, -0.2) is 21.5 Å². The number of ketones is 1. The van der Waals surface area contributed by atoms with Crippen molar-refractivity contribution in [2.75, 3.05) is 0 Å². The van der Waals surface area contributed by atoms with Crippen molar-refractivity contribution in [2.45, 2.75) is 12.7 Å². The summed E-state index contributed by atoms with van der Waals surface area (Å²) in [4.78, 5) is 15.4. The van der Waals surface area contributed by atoms with E-state index in [1.54, 1.807) is 30.3 Å². The van der Waals surface area contributed by atoms with Gasteiger partial charge in [0.15, 0.2) is 5.69 Å². The molecule has 124 valence electrons. The predicted octanol–water partition coefficient (Wildman–Crippen LogP) is 2.14. The number of nitrogens with zero attached hydrogens (tertiary/aromatic N) is 3. The molecule has 0 aliphatic heterocycles. The van der Waals surface area contributed by atoms with Gasteiger partial charge in [-0.3, -0.25) is 4.79 Å². The maximum Gasteiger partial charge on any atom is 0.458 e. The Labute approximate surface area is 138 Å². The molecule has 5 nitrogen and oxygen atoms in total. The van der Waals surface area contributed by atoms with Gasteiger partial charge in [-0.05, 0) is 17.2 Å². The summed E-state index contributed by atoms with van der Waals surface area (Å²) in [5.41, 5.74) is -0.300. The first-order chi connectivity index (χ1) is 11.3. The molecule has 1 aromatic carbocycles. The average molecular weight is 356 g/mol. The molecule has 0 saturated carbocycles. The Hall–Kier alpha value is -2.61. The number of aromatic nitrogens is 3. The number of carbonyl (C=O) groups excluding carboxylic acids is 1. The van der Waals surface area contributed by atoms with Crippen LogP contribution >= 0.6 is 11.6 Å². The summed E-state index contributed by atoms with van der Waals surface area (Å²) >= 11 is 5.78. The summed E-state index contributed by atoms with van der Waals surface area (Å²) in [6, 6.07) is 9.72. The molecule has 0 aliphatic rings. The SMILES string of the molecule is O=C(c1c([O-])[n+]2cnc(Cl)cc2n1Cc1ccccc1)C(F)(F)F. The van der Waals surface area contributed by atoms with Gasteiger partial charge in [0.25, 0.3) is 5.78 Å². The summed E-state index contributed by atoms with van der Waals surface area (Å²) in [5, 5.41) is 12.3. The minimum Gasteiger partial charge on any atom is -0.846 e. The fraction of sp³-hybridized carbons (Fsp3) is 0.133. The minimum atomic E-state index is -5.17. The van der Waals surface area contributed by atoms with Crippen molar-refractivity contribution in [1.29, 1.82) is 0 Å². The average Bonchev–Trinajstić information content (AvgIpc) is 2.78. The van der Waals surface area contributed by atoms with Crippen molar-refractivity contribution < 1.29 is 27.5 Å². The van der Waals surface area contributed by atoms with Crippen molar-refractivity contribution in [3.63, 3.8) is 0 Å². The lowest BCUT2D eigenvalue weighted by Gasteiger charge is -2.09. The standard InChI is InChI=1S/C15H9ClF3N3O2/c16-10-6-11-21(7-9-4-2-1-3-5-9)12(13(23)15(17,18)19)14(24)22(11)8-20-10/h1-6,8H,7H2. The topological polar surface area (TPSA) is 62.0 Å². The maximum absolute atomic E-state index is 12.9. The van der Waals surface area contributed by atoms with Gasteiger partial charge in [-0.15, -0.1) is 0 Å². The fourth-order valence-corrected chi connectivity index (χ4v) is 2.52. The molecule has 9 heteroatoms. The number of Topliss-reactive ketones (excluding diaryl/α,β-unsaturated/α-hetero) is 1. The number of halogens is 4. The van der Waals surface area contributed by atoms with E-state index < -0.39 is 23.5 Å². The second-order valence-corrected chi connectivity index (χ2v) is 5.38. The molecule has 0 saturated heterocycles. The van der Waals surface area contributed by atoms with Gasteiger partial charge in [0.1, 0.15) is 0 Å². The Morgan fingerprint density at radius 1 is 1.29 bits per heavy atom. The third kappa shape index (κ3) is 2.80. The zero-order valence-corrected chi connectivity index (χ0v) is 12.7. The van der Waals surface area contributed by atoms with Gasteiger partial charge < -0.3 is 5.11 Å². The highest BCUT2D eigenvalue weighted by Crippen LogP contribution is 2.27. The van der Waals surface area contributed by atoms with Crippen LogP contribution in [0, 0.1) is 0 Å². The summed E-state index contributed by atoms with van der Waals surface area (Å²) in [6.07, 6.45) is -4.17. The second kappa shape index (κ2) is 5.79. The van der Waals surface area contributed by atoms with Gasteiger partial charge in [0.2, 0.25) is 17.1 Å². The Morgan fingerprint density at radius 2 is 1.96 bits per heavy atom. The zero-order chi connectivity index (χ0) is 17.5. The first kappa shape index (κ1) is 16.3. The minimum absolute atomic E-state index is 0.00665. The molecule has 0 bridgehead atoms. The Morgan fingerprint density at radius 3 is 2.58 bits per heavy atom. The van der Waals surface area contributed by atoms with E-state index in [1.807, 2.05) is 0 Å². The number of benzene rings is 1. The molecule has 0 N–H and O–H groups in total. The molecule has 0 radical (unpaired) electrons. The van der Waals surface area contributed by atoms with E-state index in [2.05, 4.69) is 4.98 Å². The van der Waals surface area contributed by atoms with Gasteiger partial charge in [0.05, 0.1) is 18.5 Å². The van der Waals surface area contributed by atoms with Gasteiger partial charge in [-0.2, -0.15) is 13.2 Å². The molecule has 0 atom stereocenters. The molecule has 3 rings (SSSR count). The molecule has 0 amide bonds. The van der Waals surface area contributed by atoms with E-state index in [4.69, 9.17) is 11.6 Å². The normalized spacial score (nSPS) is 11.8. The lowest BCUT2D eigenvalue weighted by atomic mass is 10.2. The molecule has 0 fully saturated rings. The second-order valence-electron chi connectivity index (χ2n) is 4.99. The van der Waals surface area contributed by atoms with Crippen LogP contribution in [0.3, 0.4) is 0 Å². The predicted molar refractivity (Wildman–Crippen MR) is 75.8 cm³/mol.